The molecular formula is C25H29N5. The summed E-state index contributed by atoms with van der Waals surface area (Å²) in [7, 11) is 1.96. The monoisotopic (exact) mass is 399 g/mol. The van der Waals surface area contributed by atoms with Crippen LogP contribution in [0.3, 0.4) is 0 Å². The second-order valence-electron chi connectivity index (χ2n) is 9.22. The van der Waals surface area contributed by atoms with Crippen molar-refractivity contribution < 1.29 is 0 Å². The van der Waals surface area contributed by atoms with Gasteiger partial charge in [-0.1, -0.05) is 44.4 Å². The van der Waals surface area contributed by atoms with Crippen LogP contribution in [0.25, 0.3) is 33.3 Å². The molecule has 0 N–H and O–H groups in total. The summed E-state index contributed by atoms with van der Waals surface area (Å²) in [5.41, 5.74) is 6.69. The Hall–Kier alpha value is -2.95. The standard InChI is InChI=1S/C25H29N5/c1-18-7-10-22(21-14-26-30(16-21)17-25(2)11-5-4-6-12-25)24(27-18)19-8-9-20-15-29(3)28-23(20)13-19/h7-10,13-16H,4-6,11-12,17H2,1-3H3. The fourth-order valence-corrected chi connectivity index (χ4v) is 4.84. The van der Waals surface area contributed by atoms with E-state index in [9.17, 15) is 0 Å². The van der Waals surface area contributed by atoms with Gasteiger partial charge in [0.15, 0.2) is 0 Å². The van der Waals surface area contributed by atoms with Crippen LogP contribution < -0.4 is 0 Å². The maximum atomic E-state index is 4.90. The van der Waals surface area contributed by atoms with Crippen molar-refractivity contribution in [2.75, 3.05) is 0 Å². The zero-order valence-corrected chi connectivity index (χ0v) is 18.1. The number of fused-ring (bicyclic) bond motifs is 1. The Labute approximate surface area is 177 Å². The molecule has 5 rings (SSSR count). The minimum absolute atomic E-state index is 0.361. The van der Waals surface area contributed by atoms with Crippen LogP contribution in [0, 0.1) is 12.3 Å². The zero-order chi connectivity index (χ0) is 20.7. The molecule has 1 aliphatic rings. The van der Waals surface area contributed by atoms with Crippen LogP contribution in [0.4, 0.5) is 0 Å². The van der Waals surface area contributed by atoms with Gasteiger partial charge in [0, 0.05) is 53.8 Å². The third-order valence-corrected chi connectivity index (χ3v) is 6.48. The predicted molar refractivity (Wildman–Crippen MR) is 121 cm³/mol. The van der Waals surface area contributed by atoms with E-state index < -0.39 is 0 Å². The van der Waals surface area contributed by atoms with Crippen LogP contribution in [-0.2, 0) is 13.6 Å². The summed E-state index contributed by atoms with van der Waals surface area (Å²) < 4.78 is 3.99. The average Bonchev–Trinajstić information content (AvgIpc) is 3.32. The molecule has 3 aromatic heterocycles. The number of nitrogens with zero attached hydrogens (tertiary/aromatic N) is 5. The first-order chi connectivity index (χ1) is 14.5. The van der Waals surface area contributed by atoms with E-state index in [1.54, 1.807) is 0 Å². The van der Waals surface area contributed by atoms with Crippen LogP contribution in [0.5, 0.6) is 0 Å². The summed E-state index contributed by atoms with van der Waals surface area (Å²) >= 11 is 0. The van der Waals surface area contributed by atoms with Crippen LogP contribution in [-0.4, -0.2) is 24.5 Å². The van der Waals surface area contributed by atoms with Gasteiger partial charge < -0.3 is 0 Å². The van der Waals surface area contributed by atoms with E-state index in [0.717, 1.165) is 45.5 Å². The molecule has 5 heteroatoms. The molecule has 3 heterocycles. The van der Waals surface area contributed by atoms with Gasteiger partial charge in [-0.15, -0.1) is 0 Å². The number of rotatable bonds is 4. The van der Waals surface area contributed by atoms with Crippen molar-refractivity contribution in [3.05, 3.63) is 54.6 Å². The van der Waals surface area contributed by atoms with Gasteiger partial charge >= 0.3 is 0 Å². The van der Waals surface area contributed by atoms with Crippen LogP contribution in [0.1, 0.15) is 44.7 Å². The molecule has 0 amide bonds. The Kier molecular flexibility index (Phi) is 4.69. The number of aryl methyl sites for hydroxylation is 2. The lowest BCUT2D eigenvalue weighted by Crippen LogP contribution is -2.26. The Balaban J connectivity index is 1.51. The molecule has 1 aliphatic carbocycles. The van der Waals surface area contributed by atoms with Gasteiger partial charge in [-0.25, -0.2) is 0 Å². The zero-order valence-electron chi connectivity index (χ0n) is 18.1. The summed E-state index contributed by atoms with van der Waals surface area (Å²) in [6.07, 6.45) is 12.9. The Morgan fingerprint density at radius 2 is 1.83 bits per heavy atom. The molecule has 1 aromatic carbocycles. The molecule has 0 spiro atoms. The molecule has 5 nitrogen and oxygen atoms in total. The number of benzene rings is 1. The number of hydrogen-bond acceptors (Lipinski definition) is 3. The molecule has 30 heavy (non-hydrogen) atoms. The Morgan fingerprint density at radius 3 is 2.67 bits per heavy atom. The molecule has 0 aliphatic heterocycles. The van der Waals surface area contributed by atoms with E-state index in [0.29, 0.717) is 5.41 Å². The maximum Gasteiger partial charge on any atom is 0.0929 e. The molecule has 1 saturated carbocycles. The predicted octanol–water partition coefficient (Wildman–Crippen LogP) is 5.78. The summed E-state index contributed by atoms with van der Waals surface area (Å²) in [5.74, 6) is 0. The van der Waals surface area contributed by atoms with Gasteiger partial charge in [0.25, 0.3) is 0 Å². The van der Waals surface area contributed by atoms with E-state index in [-0.39, 0.29) is 0 Å². The summed E-state index contributed by atoms with van der Waals surface area (Å²) in [6, 6.07) is 10.7. The number of hydrogen-bond donors (Lipinski definition) is 0. The molecule has 4 aromatic rings. The molecule has 154 valence electrons. The third-order valence-electron chi connectivity index (χ3n) is 6.48. The summed E-state index contributed by atoms with van der Waals surface area (Å²) in [5, 5.41) is 10.4. The molecule has 0 radical (unpaired) electrons. The van der Waals surface area contributed by atoms with E-state index in [4.69, 9.17) is 10.1 Å². The first-order valence-electron chi connectivity index (χ1n) is 10.9. The highest BCUT2D eigenvalue weighted by Gasteiger charge is 2.27. The summed E-state index contributed by atoms with van der Waals surface area (Å²) in [4.78, 5) is 4.90. The van der Waals surface area contributed by atoms with Gasteiger partial charge in [0.1, 0.15) is 0 Å². The second-order valence-corrected chi connectivity index (χ2v) is 9.22. The smallest absolute Gasteiger partial charge is 0.0929 e. The second kappa shape index (κ2) is 7.38. The van der Waals surface area contributed by atoms with Crippen molar-refractivity contribution in [3.63, 3.8) is 0 Å². The molecule has 1 fully saturated rings. The minimum Gasteiger partial charge on any atom is -0.275 e. The van der Waals surface area contributed by atoms with Crippen LogP contribution in [0.15, 0.2) is 48.9 Å². The topological polar surface area (TPSA) is 48.5 Å². The summed E-state index contributed by atoms with van der Waals surface area (Å²) in [6.45, 7) is 5.44. The quantitative estimate of drug-likeness (QED) is 0.437. The van der Waals surface area contributed by atoms with Gasteiger partial charge in [-0.05, 0) is 37.3 Å². The van der Waals surface area contributed by atoms with Crippen molar-refractivity contribution in [3.8, 4) is 22.4 Å². The highest BCUT2D eigenvalue weighted by Crippen LogP contribution is 2.38. The lowest BCUT2D eigenvalue weighted by atomic mass is 9.76. The fraction of sp³-hybridized carbons (Fsp3) is 0.400. The molecule has 0 atom stereocenters. The highest BCUT2D eigenvalue weighted by molar-refractivity contribution is 5.87. The van der Waals surface area contributed by atoms with Crippen molar-refractivity contribution in [2.24, 2.45) is 12.5 Å². The lowest BCUT2D eigenvalue weighted by Gasteiger charge is -2.33. The maximum absolute atomic E-state index is 4.90. The van der Waals surface area contributed by atoms with Crippen molar-refractivity contribution in [1.82, 2.24) is 24.5 Å². The van der Waals surface area contributed by atoms with E-state index in [1.807, 2.05) is 31.0 Å². The first-order valence-corrected chi connectivity index (χ1v) is 10.9. The Bertz CT molecular complexity index is 1190. The number of aromatic nitrogens is 5. The molecule has 0 unspecified atom stereocenters. The van der Waals surface area contributed by atoms with Crippen LogP contribution >= 0.6 is 0 Å². The van der Waals surface area contributed by atoms with Crippen molar-refractivity contribution in [2.45, 2.75) is 52.5 Å². The molecule has 0 bridgehead atoms. The van der Waals surface area contributed by atoms with Gasteiger partial charge in [-0.2, -0.15) is 10.2 Å². The van der Waals surface area contributed by atoms with E-state index >= 15 is 0 Å². The average molecular weight is 400 g/mol. The minimum atomic E-state index is 0.361. The SMILES string of the molecule is Cc1ccc(-c2cnn(CC3(C)CCCCC3)c2)c(-c2ccc3cn(C)nc3c2)n1. The Morgan fingerprint density at radius 1 is 1.00 bits per heavy atom. The molecule has 0 saturated heterocycles. The fourth-order valence-electron chi connectivity index (χ4n) is 4.84. The normalized spacial score (nSPS) is 16.2. The van der Waals surface area contributed by atoms with Gasteiger partial charge in [0.2, 0.25) is 0 Å². The van der Waals surface area contributed by atoms with Crippen molar-refractivity contribution >= 4 is 10.9 Å². The molecular weight excluding hydrogens is 370 g/mol. The first kappa shape index (κ1) is 19.0. The van der Waals surface area contributed by atoms with E-state index in [2.05, 4.69) is 53.2 Å². The van der Waals surface area contributed by atoms with Gasteiger partial charge in [0.05, 0.1) is 17.4 Å². The highest BCUT2D eigenvalue weighted by atomic mass is 15.3. The van der Waals surface area contributed by atoms with Crippen LogP contribution in [0.2, 0.25) is 0 Å². The van der Waals surface area contributed by atoms with E-state index in [1.165, 1.54) is 32.1 Å². The number of pyridine rings is 1. The largest absolute Gasteiger partial charge is 0.275 e. The van der Waals surface area contributed by atoms with Gasteiger partial charge in [-0.3, -0.25) is 14.3 Å². The third kappa shape index (κ3) is 3.64. The lowest BCUT2D eigenvalue weighted by molar-refractivity contribution is 0.176. The van der Waals surface area contributed by atoms with Crippen molar-refractivity contribution in [1.29, 1.82) is 0 Å².